The van der Waals surface area contributed by atoms with Gasteiger partial charge in [-0.3, -0.25) is 4.68 Å². The highest BCUT2D eigenvalue weighted by atomic mass is 79.9. The molecule has 0 saturated carbocycles. The van der Waals surface area contributed by atoms with Crippen LogP contribution < -0.4 is 4.90 Å². The largest absolute Gasteiger partial charge is 0.354 e. The highest BCUT2D eigenvalue weighted by Crippen LogP contribution is 2.30. The molecule has 0 radical (unpaired) electrons. The van der Waals surface area contributed by atoms with Gasteiger partial charge in [-0.25, -0.2) is 0 Å². The van der Waals surface area contributed by atoms with Crippen molar-refractivity contribution in [2.45, 2.75) is 44.5 Å². The lowest BCUT2D eigenvalue weighted by Crippen LogP contribution is -2.39. The van der Waals surface area contributed by atoms with Gasteiger partial charge in [-0.2, -0.15) is 5.10 Å². The van der Waals surface area contributed by atoms with E-state index in [1.165, 1.54) is 37.2 Å². The second-order valence-electron chi connectivity index (χ2n) is 4.68. The fourth-order valence-electron chi connectivity index (χ4n) is 2.62. The average Bonchev–Trinajstić information content (AvgIpc) is 2.54. The first-order chi connectivity index (χ1) is 7.65. The Labute approximate surface area is 106 Å². The number of hydrogen-bond acceptors (Lipinski definition) is 2. The molecule has 0 spiro atoms. The molecule has 0 bridgehead atoms. The standard InChI is InChI=1S/C12H20BrN3/c1-9-6-4-5-7-16(9)12-11(8-13)10(2)14-15(12)3/h9H,4-8H2,1-3H3. The van der Waals surface area contributed by atoms with Crippen molar-refractivity contribution in [3.8, 4) is 0 Å². The van der Waals surface area contributed by atoms with E-state index in [1.807, 2.05) is 4.68 Å². The normalized spacial score (nSPS) is 21.5. The fourth-order valence-corrected chi connectivity index (χ4v) is 3.27. The molecule has 1 aliphatic heterocycles. The molecule has 3 nitrogen and oxygen atoms in total. The molecule has 2 rings (SSSR count). The molecule has 1 unspecified atom stereocenters. The van der Waals surface area contributed by atoms with Gasteiger partial charge in [0.15, 0.2) is 0 Å². The van der Waals surface area contributed by atoms with Gasteiger partial charge in [0, 0.05) is 30.5 Å². The first-order valence-electron chi connectivity index (χ1n) is 6.00. The van der Waals surface area contributed by atoms with E-state index in [2.05, 4.69) is 46.8 Å². The van der Waals surface area contributed by atoms with E-state index in [9.17, 15) is 0 Å². The van der Waals surface area contributed by atoms with Gasteiger partial charge in [-0.15, -0.1) is 0 Å². The molecular formula is C12H20BrN3. The fraction of sp³-hybridized carbons (Fsp3) is 0.750. The Morgan fingerprint density at radius 2 is 2.19 bits per heavy atom. The van der Waals surface area contributed by atoms with Crippen LogP contribution in [0, 0.1) is 6.92 Å². The van der Waals surface area contributed by atoms with Gasteiger partial charge in [0.2, 0.25) is 0 Å². The monoisotopic (exact) mass is 285 g/mol. The molecule has 0 N–H and O–H groups in total. The van der Waals surface area contributed by atoms with Crippen molar-refractivity contribution in [3.05, 3.63) is 11.3 Å². The van der Waals surface area contributed by atoms with Gasteiger partial charge >= 0.3 is 0 Å². The van der Waals surface area contributed by atoms with Crippen molar-refractivity contribution < 1.29 is 0 Å². The van der Waals surface area contributed by atoms with E-state index in [0.29, 0.717) is 6.04 Å². The van der Waals surface area contributed by atoms with Gasteiger partial charge < -0.3 is 4.90 Å². The Bertz CT molecular complexity index is 373. The van der Waals surface area contributed by atoms with Crippen molar-refractivity contribution in [1.29, 1.82) is 0 Å². The average molecular weight is 286 g/mol. The summed E-state index contributed by atoms with van der Waals surface area (Å²) in [5, 5.41) is 5.43. The van der Waals surface area contributed by atoms with E-state index in [1.54, 1.807) is 0 Å². The summed E-state index contributed by atoms with van der Waals surface area (Å²) in [6.45, 7) is 5.58. The van der Waals surface area contributed by atoms with Crippen LogP contribution in [0.15, 0.2) is 0 Å². The maximum absolute atomic E-state index is 4.54. The van der Waals surface area contributed by atoms with Crippen molar-refractivity contribution >= 4 is 21.7 Å². The summed E-state index contributed by atoms with van der Waals surface area (Å²) < 4.78 is 2.04. The predicted octanol–water partition coefficient (Wildman–Crippen LogP) is 3.00. The summed E-state index contributed by atoms with van der Waals surface area (Å²) in [7, 11) is 2.05. The van der Waals surface area contributed by atoms with Gasteiger partial charge in [0.25, 0.3) is 0 Å². The molecule has 0 aliphatic carbocycles. The minimum atomic E-state index is 0.640. The summed E-state index contributed by atoms with van der Waals surface area (Å²) in [5.74, 6) is 1.31. The molecule has 1 aromatic heterocycles. The van der Waals surface area contributed by atoms with Gasteiger partial charge in [0.1, 0.15) is 5.82 Å². The number of aromatic nitrogens is 2. The van der Waals surface area contributed by atoms with E-state index in [-0.39, 0.29) is 0 Å². The molecule has 2 heterocycles. The highest BCUT2D eigenvalue weighted by molar-refractivity contribution is 9.08. The summed E-state index contributed by atoms with van der Waals surface area (Å²) in [5.41, 5.74) is 2.49. The summed E-state index contributed by atoms with van der Waals surface area (Å²) >= 11 is 3.58. The van der Waals surface area contributed by atoms with Gasteiger partial charge in [-0.05, 0) is 33.1 Å². The van der Waals surface area contributed by atoms with Gasteiger partial charge in [0.05, 0.1) is 5.69 Å². The van der Waals surface area contributed by atoms with Crippen LogP contribution in [0.25, 0.3) is 0 Å². The topological polar surface area (TPSA) is 21.1 Å². The minimum Gasteiger partial charge on any atom is -0.354 e. The number of anilines is 1. The molecular weight excluding hydrogens is 266 g/mol. The quantitative estimate of drug-likeness (QED) is 0.779. The van der Waals surface area contributed by atoms with E-state index < -0.39 is 0 Å². The number of aryl methyl sites for hydroxylation is 2. The number of piperidine rings is 1. The van der Waals surface area contributed by atoms with Crippen LogP contribution in [0.3, 0.4) is 0 Å². The van der Waals surface area contributed by atoms with Crippen molar-refractivity contribution in [1.82, 2.24) is 9.78 Å². The van der Waals surface area contributed by atoms with E-state index in [4.69, 9.17) is 0 Å². The molecule has 90 valence electrons. The second-order valence-corrected chi connectivity index (χ2v) is 5.24. The molecule has 1 aromatic rings. The highest BCUT2D eigenvalue weighted by Gasteiger charge is 2.24. The van der Waals surface area contributed by atoms with Crippen LogP contribution in [0.1, 0.15) is 37.4 Å². The van der Waals surface area contributed by atoms with Crippen molar-refractivity contribution in [2.24, 2.45) is 7.05 Å². The Hall–Kier alpha value is -0.510. The first kappa shape index (κ1) is 12.0. The third-order valence-corrected chi connectivity index (χ3v) is 4.08. The molecule has 4 heteroatoms. The molecule has 1 aliphatic rings. The molecule has 1 atom stereocenters. The minimum absolute atomic E-state index is 0.640. The third kappa shape index (κ3) is 1.99. The molecule has 16 heavy (non-hydrogen) atoms. The summed E-state index contributed by atoms with van der Waals surface area (Å²) in [6.07, 6.45) is 3.96. The number of nitrogens with zero attached hydrogens (tertiary/aromatic N) is 3. The van der Waals surface area contributed by atoms with Crippen LogP contribution in [0.4, 0.5) is 5.82 Å². The third-order valence-electron chi connectivity index (χ3n) is 3.52. The lowest BCUT2D eigenvalue weighted by atomic mass is 10.0. The predicted molar refractivity (Wildman–Crippen MR) is 71.2 cm³/mol. The zero-order valence-electron chi connectivity index (χ0n) is 10.3. The van der Waals surface area contributed by atoms with Crippen LogP contribution in [0.5, 0.6) is 0 Å². The molecule has 0 amide bonds. The maximum Gasteiger partial charge on any atom is 0.131 e. The lowest BCUT2D eigenvalue weighted by molar-refractivity contribution is 0.473. The van der Waals surface area contributed by atoms with Crippen LogP contribution in [-0.2, 0) is 12.4 Å². The van der Waals surface area contributed by atoms with Crippen molar-refractivity contribution in [3.63, 3.8) is 0 Å². The van der Waals surface area contributed by atoms with Crippen molar-refractivity contribution in [2.75, 3.05) is 11.4 Å². The molecule has 1 saturated heterocycles. The number of hydrogen-bond donors (Lipinski definition) is 0. The maximum atomic E-state index is 4.54. The number of rotatable bonds is 2. The first-order valence-corrected chi connectivity index (χ1v) is 7.12. The van der Waals surface area contributed by atoms with Crippen LogP contribution >= 0.6 is 15.9 Å². The zero-order chi connectivity index (χ0) is 11.7. The Morgan fingerprint density at radius 3 is 2.81 bits per heavy atom. The number of halogens is 1. The second kappa shape index (κ2) is 4.78. The Balaban J connectivity index is 2.37. The summed E-state index contributed by atoms with van der Waals surface area (Å²) in [4.78, 5) is 2.51. The smallest absolute Gasteiger partial charge is 0.131 e. The van der Waals surface area contributed by atoms with Gasteiger partial charge in [-0.1, -0.05) is 15.9 Å². The Kier molecular flexibility index (Phi) is 3.57. The van der Waals surface area contributed by atoms with Crippen LogP contribution in [0.2, 0.25) is 0 Å². The SMILES string of the molecule is Cc1nn(C)c(N2CCCCC2C)c1CBr. The van der Waals surface area contributed by atoms with Crippen LogP contribution in [-0.4, -0.2) is 22.4 Å². The number of alkyl halides is 1. The lowest BCUT2D eigenvalue weighted by Gasteiger charge is -2.35. The summed E-state index contributed by atoms with van der Waals surface area (Å²) in [6, 6.07) is 0.640. The Morgan fingerprint density at radius 1 is 1.44 bits per heavy atom. The van der Waals surface area contributed by atoms with E-state index in [0.717, 1.165) is 11.0 Å². The van der Waals surface area contributed by atoms with E-state index >= 15 is 0 Å². The zero-order valence-corrected chi connectivity index (χ0v) is 11.9. The molecule has 1 fully saturated rings. The molecule has 0 aromatic carbocycles.